The second-order valence-electron chi connectivity index (χ2n) is 7.29. The van der Waals surface area contributed by atoms with Crippen LogP contribution in [-0.2, 0) is 9.59 Å². The van der Waals surface area contributed by atoms with Crippen LogP contribution in [0, 0.1) is 10.8 Å². The first kappa shape index (κ1) is 16.3. The largest absolute Gasteiger partial charge is 0.481 e. The van der Waals surface area contributed by atoms with Crippen molar-refractivity contribution in [2.45, 2.75) is 71.6 Å². The summed E-state index contributed by atoms with van der Waals surface area (Å²) < 4.78 is 0. The number of carbonyl (C=O) groups excluding carboxylic acids is 1. The lowest BCUT2D eigenvalue weighted by Crippen LogP contribution is -2.53. The minimum atomic E-state index is -0.726. The third-order valence-corrected chi connectivity index (χ3v) is 5.52. The van der Waals surface area contributed by atoms with Crippen LogP contribution in [-0.4, -0.2) is 35.0 Å². The van der Waals surface area contributed by atoms with Crippen molar-refractivity contribution < 1.29 is 14.7 Å². The van der Waals surface area contributed by atoms with Crippen LogP contribution in [0.1, 0.15) is 71.6 Å². The summed E-state index contributed by atoms with van der Waals surface area (Å²) in [4.78, 5) is 26.5. The fourth-order valence-electron chi connectivity index (χ4n) is 4.20. The fourth-order valence-corrected chi connectivity index (χ4v) is 4.20. The Hall–Kier alpha value is -1.06. The Labute approximate surface area is 127 Å². The molecule has 4 nitrogen and oxygen atoms in total. The van der Waals surface area contributed by atoms with Crippen LogP contribution >= 0.6 is 0 Å². The van der Waals surface area contributed by atoms with Crippen molar-refractivity contribution >= 4 is 11.9 Å². The highest BCUT2D eigenvalue weighted by molar-refractivity contribution is 5.84. The molecule has 1 unspecified atom stereocenters. The van der Waals surface area contributed by atoms with E-state index in [2.05, 4.69) is 6.92 Å². The van der Waals surface area contributed by atoms with Crippen LogP contribution in [0.2, 0.25) is 0 Å². The summed E-state index contributed by atoms with van der Waals surface area (Å²) in [6.45, 7) is 5.23. The molecule has 1 N–H and O–H groups in total. The Kier molecular flexibility index (Phi) is 4.95. The first-order chi connectivity index (χ1) is 9.93. The molecule has 2 rings (SSSR count). The zero-order valence-electron chi connectivity index (χ0n) is 13.5. The van der Waals surface area contributed by atoms with Gasteiger partial charge < -0.3 is 10.0 Å². The number of rotatable bonds is 4. The van der Waals surface area contributed by atoms with Crippen LogP contribution in [0.25, 0.3) is 0 Å². The van der Waals surface area contributed by atoms with Gasteiger partial charge in [0.1, 0.15) is 0 Å². The van der Waals surface area contributed by atoms with E-state index in [0.29, 0.717) is 19.4 Å². The average Bonchev–Trinajstić information content (AvgIpc) is 2.47. The van der Waals surface area contributed by atoms with Crippen LogP contribution in [0.3, 0.4) is 0 Å². The Morgan fingerprint density at radius 3 is 2.33 bits per heavy atom. The number of amides is 1. The van der Waals surface area contributed by atoms with E-state index in [1.807, 2.05) is 11.8 Å². The molecule has 0 radical (unpaired) electrons. The lowest BCUT2D eigenvalue weighted by atomic mass is 9.72. The molecule has 21 heavy (non-hydrogen) atoms. The van der Waals surface area contributed by atoms with Gasteiger partial charge in [-0.3, -0.25) is 9.59 Å². The van der Waals surface area contributed by atoms with Crippen molar-refractivity contribution in [3.63, 3.8) is 0 Å². The Morgan fingerprint density at radius 2 is 1.76 bits per heavy atom. The van der Waals surface area contributed by atoms with E-state index in [1.165, 1.54) is 6.42 Å². The maximum absolute atomic E-state index is 12.9. The first-order valence-electron chi connectivity index (χ1n) is 8.46. The van der Waals surface area contributed by atoms with Crippen molar-refractivity contribution in [3.8, 4) is 0 Å². The molecule has 0 aromatic heterocycles. The predicted molar refractivity (Wildman–Crippen MR) is 82.0 cm³/mol. The molecule has 1 saturated carbocycles. The van der Waals surface area contributed by atoms with Crippen LogP contribution in [0.15, 0.2) is 0 Å². The van der Waals surface area contributed by atoms with Gasteiger partial charge in [-0.2, -0.15) is 0 Å². The minimum absolute atomic E-state index is 0.198. The zero-order chi connectivity index (χ0) is 15.5. The normalized spacial score (nSPS) is 29.1. The summed E-state index contributed by atoms with van der Waals surface area (Å²) in [5, 5.41) is 9.66. The number of piperidine rings is 1. The van der Waals surface area contributed by atoms with Crippen molar-refractivity contribution in [3.05, 3.63) is 0 Å². The van der Waals surface area contributed by atoms with Gasteiger partial charge in [-0.05, 0) is 32.1 Å². The average molecular weight is 295 g/mol. The number of nitrogens with zero attached hydrogens (tertiary/aromatic N) is 1. The second kappa shape index (κ2) is 6.37. The molecule has 1 atom stereocenters. The van der Waals surface area contributed by atoms with Crippen molar-refractivity contribution in [1.82, 2.24) is 4.90 Å². The monoisotopic (exact) mass is 295 g/mol. The maximum atomic E-state index is 12.9. The molecule has 1 aliphatic heterocycles. The third-order valence-electron chi connectivity index (χ3n) is 5.52. The van der Waals surface area contributed by atoms with E-state index >= 15 is 0 Å². The van der Waals surface area contributed by atoms with Crippen molar-refractivity contribution in [2.75, 3.05) is 13.1 Å². The third kappa shape index (κ3) is 3.24. The van der Waals surface area contributed by atoms with Gasteiger partial charge in [-0.25, -0.2) is 0 Å². The van der Waals surface area contributed by atoms with Gasteiger partial charge in [0.15, 0.2) is 0 Å². The van der Waals surface area contributed by atoms with E-state index in [1.54, 1.807) is 0 Å². The van der Waals surface area contributed by atoms with Gasteiger partial charge >= 0.3 is 5.97 Å². The van der Waals surface area contributed by atoms with E-state index in [-0.39, 0.29) is 11.3 Å². The van der Waals surface area contributed by atoms with Gasteiger partial charge in [-0.1, -0.05) is 39.5 Å². The van der Waals surface area contributed by atoms with Gasteiger partial charge in [0.05, 0.1) is 5.41 Å². The number of carboxylic acids is 1. The molecule has 2 aliphatic rings. The summed E-state index contributed by atoms with van der Waals surface area (Å²) in [6.07, 6.45) is 8.41. The molecule has 1 heterocycles. The number of hydrogen-bond acceptors (Lipinski definition) is 2. The molecule has 1 saturated heterocycles. The molecule has 0 spiro atoms. The van der Waals surface area contributed by atoms with Crippen molar-refractivity contribution in [2.24, 2.45) is 10.8 Å². The number of carboxylic acid groups (broad SMARTS) is 1. The van der Waals surface area contributed by atoms with Gasteiger partial charge in [0.25, 0.3) is 0 Å². The summed E-state index contributed by atoms with van der Waals surface area (Å²) >= 11 is 0. The molecule has 0 bridgehead atoms. The number of aliphatic carboxylic acids is 1. The number of carbonyl (C=O) groups is 2. The van der Waals surface area contributed by atoms with Gasteiger partial charge in [0, 0.05) is 18.5 Å². The summed E-state index contributed by atoms with van der Waals surface area (Å²) in [7, 11) is 0. The molecule has 4 heteroatoms. The number of likely N-dealkylation sites (tertiary alicyclic amines) is 1. The molecule has 1 amide bonds. The summed E-state index contributed by atoms with van der Waals surface area (Å²) in [5.41, 5.74) is -0.972. The van der Waals surface area contributed by atoms with Crippen LogP contribution < -0.4 is 0 Å². The predicted octanol–water partition coefficient (Wildman–Crippen LogP) is 3.45. The smallest absolute Gasteiger partial charge is 0.311 e. The topological polar surface area (TPSA) is 57.6 Å². The maximum Gasteiger partial charge on any atom is 0.311 e. The Balaban J connectivity index is 2.12. The molecular weight excluding hydrogens is 266 g/mol. The number of hydrogen-bond donors (Lipinski definition) is 1. The SMILES string of the molecule is CCCC1(C(=O)O)CCCN(C(=O)C2(C)CCCCC2)C1. The fraction of sp³-hybridized carbons (Fsp3) is 0.882. The standard InChI is InChI=1S/C17H29NO3/c1-3-8-17(15(20)21)11-7-12-18(13-17)14(19)16(2)9-5-4-6-10-16/h3-13H2,1-2H3,(H,20,21). The Morgan fingerprint density at radius 1 is 1.10 bits per heavy atom. The van der Waals surface area contributed by atoms with Gasteiger partial charge in [0.2, 0.25) is 5.91 Å². The highest BCUT2D eigenvalue weighted by Gasteiger charge is 2.46. The molecule has 0 aromatic carbocycles. The molecular formula is C17H29NO3. The Bertz CT molecular complexity index is 397. The van der Waals surface area contributed by atoms with Crippen LogP contribution in [0.4, 0.5) is 0 Å². The lowest BCUT2D eigenvalue weighted by molar-refractivity contribution is -0.158. The minimum Gasteiger partial charge on any atom is -0.481 e. The molecule has 2 fully saturated rings. The summed E-state index contributed by atoms with van der Waals surface area (Å²) in [5.74, 6) is -0.528. The van der Waals surface area contributed by atoms with Crippen molar-refractivity contribution in [1.29, 1.82) is 0 Å². The van der Waals surface area contributed by atoms with Crippen LogP contribution in [0.5, 0.6) is 0 Å². The highest BCUT2D eigenvalue weighted by atomic mass is 16.4. The first-order valence-corrected chi connectivity index (χ1v) is 8.46. The lowest BCUT2D eigenvalue weighted by Gasteiger charge is -2.44. The quantitative estimate of drug-likeness (QED) is 0.864. The van der Waals surface area contributed by atoms with E-state index in [4.69, 9.17) is 0 Å². The molecule has 0 aromatic rings. The summed E-state index contributed by atoms with van der Waals surface area (Å²) in [6, 6.07) is 0. The second-order valence-corrected chi connectivity index (χ2v) is 7.29. The van der Waals surface area contributed by atoms with E-state index in [0.717, 1.165) is 45.1 Å². The van der Waals surface area contributed by atoms with Gasteiger partial charge in [-0.15, -0.1) is 0 Å². The molecule has 1 aliphatic carbocycles. The molecule has 120 valence electrons. The zero-order valence-corrected chi connectivity index (χ0v) is 13.5. The van der Waals surface area contributed by atoms with E-state index in [9.17, 15) is 14.7 Å². The highest BCUT2D eigenvalue weighted by Crippen LogP contribution is 2.41. The van der Waals surface area contributed by atoms with E-state index < -0.39 is 11.4 Å².